The van der Waals surface area contributed by atoms with Crippen molar-refractivity contribution in [2.75, 3.05) is 0 Å². The molecular formula is C24H26O4. The molecule has 1 saturated carbocycles. The molecule has 0 radical (unpaired) electrons. The zero-order valence-corrected chi connectivity index (χ0v) is 16.5. The summed E-state index contributed by atoms with van der Waals surface area (Å²) in [5.41, 5.74) is 0.766. The Labute approximate surface area is 165 Å². The maximum atomic E-state index is 13.0. The van der Waals surface area contributed by atoms with Crippen LogP contribution in [0.4, 0.5) is 0 Å². The second-order valence-electron chi connectivity index (χ2n) is 8.50. The van der Waals surface area contributed by atoms with Gasteiger partial charge in [-0.05, 0) is 43.7 Å². The molecule has 4 heteroatoms. The minimum atomic E-state index is -0.838. The number of hydrogen-bond donors (Lipinski definition) is 0. The summed E-state index contributed by atoms with van der Waals surface area (Å²) in [6, 6.07) is 7.73. The third kappa shape index (κ3) is 1.91. The maximum Gasteiger partial charge on any atom is 0.340 e. The summed E-state index contributed by atoms with van der Waals surface area (Å²) in [7, 11) is 0. The van der Waals surface area contributed by atoms with Gasteiger partial charge in [0.15, 0.2) is 5.60 Å². The van der Waals surface area contributed by atoms with Crippen molar-refractivity contribution in [3.05, 3.63) is 58.9 Å². The average Bonchev–Trinajstić information content (AvgIpc) is 3.17. The van der Waals surface area contributed by atoms with Crippen molar-refractivity contribution in [3.8, 4) is 0 Å². The molecule has 1 saturated heterocycles. The van der Waals surface area contributed by atoms with E-state index in [0.717, 1.165) is 44.1 Å². The smallest absolute Gasteiger partial charge is 0.340 e. The van der Waals surface area contributed by atoms with E-state index in [-0.39, 0.29) is 23.8 Å². The largest absolute Gasteiger partial charge is 0.449 e. The number of fused-ring (bicyclic) bond motifs is 2. The van der Waals surface area contributed by atoms with Crippen LogP contribution in [0.1, 0.15) is 68.3 Å². The first-order chi connectivity index (χ1) is 13.6. The molecule has 2 spiro atoms. The molecule has 5 aliphatic rings. The molecule has 2 fully saturated rings. The van der Waals surface area contributed by atoms with Gasteiger partial charge in [0.1, 0.15) is 11.2 Å². The lowest BCUT2D eigenvalue weighted by Crippen LogP contribution is -2.59. The first kappa shape index (κ1) is 17.7. The van der Waals surface area contributed by atoms with E-state index >= 15 is 0 Å². The van der Waals surface area contributed by atoms with E-state index in [4.69, 9.17) is 9.47 Å². The fourth-order valence-corrected chi connectivity index (χ4v) is 6.26. The Morgan fingerprint density at radius 1 is 1.14 bits per heavy atom. The Balaban J connectivity index is 1.83. The highest BCUT2D eigenvalue weighted by atomic mass is 16.6. The molecule has 146 valence electrons. The molecule has 0 amide bonds. The average molecular weight is 378 g/mol. The highest BCUT2D eigenvalue weighted by Crippen LogP contribution is 2.72. The van der Waals surface area contributed by atoms with Gasteiger partial charge < -0.3 is 9.47 Å². The van der Waals surface area contributed by atoms with Gasteiger partial charge in [-0.1, -0.05) is 51.0 Å². The minimum Gasteiger partial charge on any atom is -0.449 e. The van der Waals surface area contributed by atoms with Gasteiger partial charge >= 0.3 is 11.9 Å². The second-order valence-corrected chi connectivity index (χ2v) is 8.50. The number of benzene rings is 1. The van der Waals surface area contributed by atoms with E-state index in [0.29, 0.717) is 16.9 Å². The Morgan fingerprint density at radius 3 is 2.75 bits per heavy atom. The highest BCUT2D eigenvalue weighted by molar-refractivity contribution is 5.99. The van der Waals surface area contributed by atoms with Crippen LogP contribution in [0.2, 0.25) is 0 Å². The van der Waals surface area contributed by atoms with Gasteiger partial charge in [0.25, 0.3) is 0 Å². The first-order valence-electron chi connectivity index (χ1n) is 10.6. The van der Waals surface area contributed by atoms with Crippen molar-refractivity contribution >= 4 is 11.9 Å². The molecule has 6 rings (SSSR count). The fraction of sp³-hybridized carbons (Fsp3) is 0.500. The Bertz CT molecular complexity index is 926. The van der Waals surface area contributed by atoms with Crippen LogP contribution in [-0.2, 0) is 19.9 Å². The topological polar surface area (TPSA) is 52.6 Å². The number of carbonyl (C=O) groups excluding carboxylic acids is 2. The molecule has 1 aromatic rings. The van der Waals surface area contributed by atoms with Crippen LogP contribution in [0.3, 0.4) is 0 Å². The number of esters is 2. The van der Waals surface area contributed by atoms with Crippen molar-refractivity contribution < 1.29 is 19.1 Å². The fourth-order valence-electron chi connectivity index (χ4n) is 6.26. The van der Waals surface area contributed by atoms with Gasteiger partial charge in [0.2, 0.25) is 0 Å². The molecule has 0 N–H and O–H groups in total. The van der Waals surface area contributed by atoms with Crippen molar-refractivity contribution in [2.45, 2.75) is 58.0 Å². The van der Waals surface area contributed by atoms with Crippen LogP contribution in [0.15, 0.2) is 47.7 Å². The Hall–Kier alpha value is -2.36. The Kier molecular flexibility index (Phi) is 3.84. The van der Waals surface area contributed by atoms with Gasteiger partial charge in [0, 0.05) is 11.5 Å². The van der Waals surface area contributed by atoms with Crippen molar-refractivity contribution in [1.29, 1.82) is 0 Å². The summed E-state index contributed by atoms with van der Waals surface area (Å²) in [6.07, 6.45) is 9.74. The summed E-state index contributed by atoms with van der Waals surface area (Å²) in [5.74, 6) is 0.555. The third-order valence-electron chi connectivity index (χ3n) is 7.23. The second kappa shape index (κ2) is 6.07. The summed E-state index contributed by atoms with van der Waals surface area (Å²) in [5, 5.41) is 0. The number of allylic oxidation sites excluding steroid dienone is 2. The van der Waals surface area contributed by atoms with Gasteiger partial charge in [-0.3, -0.25) is 0 Å². The van der Waals surface area contributed by atoms with E-state index in [2.05, 4.69) is 26.0 Å². The zero-order valence-electron chi connectivity index (χ0n) is 16.5. The monoisotopic (exact) mass is 378 g/mol. The van der Waals surface area contributed by atoms with Gasteiger partial charge in [-0.15, -0.1) is 0 Å². The summed E-state index contributed by atoms with van der Waals surface area (Å²) >= 11 is 0. The van der Waals surface area contributed by atoms with E-state index < -0.39 is 11.0 Å². The van der Waals surface area contributed by atoms with Crippen molar-refractivity contribution in [2.24, 2.45) is 17.3 Å². The number of unbranched alkanes of at least 4 members (excludes halogenated alkanes) is 1. The predicted octanol–water partition coefficient (Wildman–Crippen LogP) is 5.05. The van der Waals surface area contributed by atoms with E-state index in [1.54, 1.807) is 0 Å². The van der Waals surface area contributed by atoms with Crippen LogP contribution in [0.5, 0.6) is 0 Å². The summed E-state index contributed by atoms with van der Waals surface area (Å²) in [6.45, 7) is 4.28. The lowest BCUT2D eigenvalue weighted by molar-refractivity contribution is -0.152. The Morgan fingerprint density at radius 2 is 1.96 bits per heavy atom. The van der Waals surface area contributed by atoms with Gasteiger partial charge in [-0.2, -0.15) is 0 Å². The molecule has 2 aliphatic heterocycles. The molecule has 1 aromatic carbocycles. The number of ether oxygens (including phenoxy) is 2. The summed E-state index contributed by atoms with van der Waals surface area (Å²) in [4.78, 5) is 25.9. The molecule has 28 heavy (non-hydrogen) atoms. The van der Waals surface area contributed by atoms with Crippen LogP contribution < -0.4 is 0 Å². The molecule has 3 aliphatic carbocycles. The van der Waals surface area contributed by atoms with Crippen molar-refractivity contribution in [3.63, 3.8) is 0 Å². The molecular weight excluding hydrogens is 352 g/mol. The predicted molar refractivity (Wildman–Crippen MR) is 104 cm³/mol. The zero-order chi connectivity index (χ0) is 19.5. The minimum absolute atomic E-state index is 0.155. The van der Waals surface area contributed by atoms with Gasteiger partial charge in [-0.25, -0.2) is 9.59 Å². The number of cyclic esters (lactones) is 1. The normalized spacial score (nSPS) is 36.4. The van der Waals surface area contributed by atoms with Crippen LogP contribution in [-0.4, -0.2) is 11.9 Å². The van der Waals surface area contributed by atoms with Crippen LogP contribution >= 0.6 is 0 Å². The molecule has 2 heterocycles. The molecule has 0 aromatic heterocycles. The van der Waals surface area contributed by atoms with Crippen LogP contribution in [0.25, 0.3) is 0 Å². The number of rotatable bonds is 4. The SMILES string of the molecule is CCCC=C1OC(=O)C2=CC3CCC12C1(OC(=O)c2ccccc21)C3CCC. The van der Waals surface area contributed by atoms with Crippen molar-refractivity contribution in [1.82, 2.24) is 0 Å². The molecule has 4 nitrogen and oxygen atoms in total. The standard InChI is InChI=1S/C24H26O4/c1-3-5-11-20-23-13-12-15(14-19(23)22(26)27-20)17(8-4-2)24(23)18-10-7-6-9-16(18)21(25)28-24/h6-7,9-11,14-15,17H,3-5,8,12-13H2,1-2H3. The van der Waals surface area contributed by atoms with Gasteiger partial charge in [0.05, 0.1) is 11.1 Å². The molecule has 4 unspecified atom stereocenters. The van der Waals surface area contributed by atoms with E-state index in [9.17, 15) is 9.59 Å². The highest BCUT2D eigenvalue weighted by Gasteiger charge is 2.75. The lowest BCUT2D eigenvalue weighted by atomic mass is 9.46. The molecule has 4 atom stereocenters. The van der Waals surface area contributed by atoms with E-state index in [1.807, 2.05) is 24.3 Å². The molecule has 2 bridgehead atoms. The summed E-state index contributed by atoms with van der Waals surface area (Å²) < 4.78 is 12.2. The number of hydrogen-bond acceptors (Lipinski definition) is 4. The van der Waals surface area contributed by atoms with Crippen LogP contribution in [0, 0.1) is 17.3 Å². The van der Waals surface area contributed by atoms with E-state index in [1.165, 1.54) is 0 Å². The lowest BCUT2D eigenvalue weighted by Gasteiger charge is -2.58. The third-order valence-corrected chi connectivity index (χ3v) is 7.23. The quantitative estimate of drug-likeness (QED) is 0.688. The number of carbonyl (C=O) groups is 2. The first-order valence-corrected chi connectivity index (χ1v) is 10.6. The maximum absolute atomic E-state index is 13.0.